The van der Waals surface area contributed by atoms with E-state index >= 15 is 0 Å². The van der Waals surface area contributed by atoms with Gasteiger partial charge in [0.2, 0.25) is 0 Å². The number of amides is 1. The molecule has 0 atom stereocenters. The molecular formula is C16H16F2N2O. The molecule has 0 saturated heterocycles. The second kappa shape index (κ2) is 6.35. The zero-order chi connectivity index (χ0) is 15.4. The van der Waals surface area contributed by atoms with Crippen molar-refractivity contribution in [2.45, 2.75) is 6.54 Å². The molecule has 0 aliphatic carbocycles. The Balaban J connectivity index is 2.20. The summed E-state index contributed by atoms with van der Waals surface area (Å²) in [5, 5.41) is 2.42. The summed E-state index contributed by atoms with van der Waals surface area (Å²) in [6, 6.07) is 11.5. The summed E-state index contributed by atoms with van der Waals surface area (Å²) in [7, 11) is 3.02. The van der Waals surface area contributed by atoms with E-state index in [1.54, 1.807) is 7.05 Å². The molecule has 2 aromatic rings. The molecule has 2 aromatic carbocycles. The van der Waals surface area contributed by atoms with Gasteiger partial charge in [-0.2, -0.15) is 0 Å². The predicted octanol–water partition coefficient (Wildman–Crippen LogP) is 3.28. The van der Waals surface area contributed by atoms with Gasteiger partial charge in [0, 0.05) is 26.2 Å². The molecule has 0 fully saturated rings. The van der Waals surface area contributed by atoms with Crippen LogP contribution in [0.1, 0.15) is 15.9 Å². The summed E-state index contributed by atoms with van der Waals surface area (Å²) < 4.78 is 27.4. The summed E-state index contributed by atoms with van der Waals surface area (Å²) in [5.41, 5.74) is 0.695. The number of nitrogens with zero attached hydrogens (tertiary/aromatic N) is 1. The Morgan fingerprint density at radius 3 is 2.24 bits per heavy atom. The molecule has 3 nitrogen and oxygen atoms in total. The first-order valence-corrected chi connectivity index (χ1v) is 6.49. The second-order valence-electron chi connectivity index (χ2n) is 4.71. The molecular weight excluding hydrogens is 274 g/mol. The SMILES string of the molecule is CNc1c(F)cc(C(=O)N(C)Cc2ccccc2)cc1F. The number of carbonyl (C=O) groups excluding carboxylic acids is 1. The van der Waals surface area contributed by atoms with Crippen LogP contribution in [0.4, 0.5) is 14.5 Å². The highest BCUT2D eigenvalue weighted by atomic mass is 19.1. The molecule has 0 heterocycles. The van der Waals surface area contributed by atoms with Crippen LogP contribution >= 0.6 is 0 Å². The first-order chi connectivity index (χ1) is 10.0. The lowest BCUT2D eigenvalue weighted by Gasteiger charge is -2.18. The van der Waals surface area contributed by atoms with Crippen LogP contribution in [0.3, 0.4) is 0 Å². The zero-order valence-electron chi connectivity index (χ0n) is 11.9. The van der Waals surface area contributed by atoms with Gasteiger partial charge in [0.05, 0.1) is 0 Å². The van der Waals surface area contributed by atoms with Crippen molar-refractivity contribution in [1.29, 1.82) is 0 Å². The van der Waals surface area contributed by atoms with Crippen molar-refractivity contribution in [2.75, 3.05) is 19.4 Å². The molecule has 0 aromatic heterocycles. The number of hydrogen-bond acceptors (Lipinski definition) is 2. The van der Waals surface area contributed by atoms with E-state index < -0.39 is 17.5 Å². The fourth-order valence-corrected chi connectivity index (χ4v) is 2.08. The van der Waals surface area contributed by atoms with Gasteiger partial charge >= 0.3 is 0 Å². The standard InChI is InChI=1S/C16H16F2N2O/c1-19-15-13(17)8-12(9-14(15)18)16(21)20(2)10-11-6-4-3-5-7-11/h3-9,19H,10H2,1-2H3. The normalized spacial score (nSPS) is 10.3. The Morgan fingerprint density at radius 1 is 1.14 bits per heavy atom. The summed E-state index contributed by atoms with van der Waals surface area (Å²) >= 11 is 0. The lowest BCUT2D eigenvalue weighted by molar-refractivity contribution is 0.0784. The third kappa shape index (κ3) is 3.37. The maximum Gasteiger partial charge on any atom is 0.254 e. The maximum absolute atomic E-state index is 13.7. The number of halogens is 2. The van der Waals surface area contributed by atoms with E-state index in [1.807, 2.05) is 30.3 Å². The van der Waals surface area contributed by atoms with E-state index in [9.17, 15) is 13.6 Å². The van der Waals surface area contributed by atoms with Gasteiger partial charge in [-0.25, -0.2) is 8.78 Å². The minimum absolute atomic E-state index is 0.0116. The van der Waals surface area contributed by atoms with Crippen LogP contribution < -0.4 is 5.32 Å². The van der Waals surface area contributed by atoms with Crippen molar-refractivity contribution in [2.24, 2.45) is 0 Å². The quantitative estimate of drug-likeness (QED) is 0.937. The molecule has 0 saturated carbocycles. The first-order valence-electron chi connectivity index (χ1n) is 6.49. The van der Waals surface area contributed by atoms with Gasteiger partial charge in [0.25, 0.3) is 5.91 Å². The van der Waals surface area contributed by atoms with Crippen LogP contribution in [0.2, 0.25) is 0 Å². The van der Waals surface area contributed by atoms with Gasteiger partial charge in [0.1, 0.15) is 17.3 Å². The number of nitrogens with one attached hydrogen (secondary N) is 1. The van der Waals surface area contributed by atoms with Crippen LogP contribution in [0, 0.1) is 11.6 Å². The molecule has 1 amide bonds. The Kier molecular flexibility index (Phi) is 4.52. The minimum atomic E-state index is -0.783. The van der Waals surface area contributed by atoms with Gasteiger partial charge in [0.15, 0.2) is 0 Å². The van der Waals surface area contributed by atoms with Gasteiger partial charge in [-0.3, -0.25) is 4.79 Å². The number of carbonyl (C=O) groups is 1. The topological polar surface area (TPSA) is 32.3 Å². The number of rotatable bonds is 4. The van der Waals surface area contributed by atoms with Gasteiger partial charge in [-0.05, 0) is 17.7 Å². The number of benzene rings is 2. The Morgan fingerprint density at radius 2 is 1.71 bits per heavy atom. The van der Waals surface area contributed by atoms with Crippen molar-refractivity contribution in [3.63, 3.8) is 0 Å². The Hall–Kier alpha value is -2.43. The fourth-order valence-electron chi connectivity index (χ4n) is 2.08. The molecule has 0 bridgehead atoms. The molecule has 0 aliphatic rings. The Bertz CT molecular complexity index is 621. The van der Waals surface area contributed by atoms with Crippen LogP contribution in [-0.4, -0.2) is 24.9 Å². The summed E-state index contributed by atoms with van der Waals surface area (Å²) in [6.07, 6.45) is 0. The van der Waals surface area contributed by atoms with Crippen molar-refractivity contribution >= 4 is 11.6 Å². The van der Waals surface area contributed by atoms with E-state index in [1.165, 1.54) is 11.9 Å². The first kappa shape index (κ1) is 15.0. The second-order valence-corrected chi connectivity index (χ2v) is 4.71. The van der Waals surface area contributed by atoms with Gasteiger partial charge in [-0.15, -0.1) is 0 Å². The molecule has 21 heavy (non-hydrogen) atoms. The third-order valence-electron chi connectivity index (χ3n) is 3.15. The van der Waals surface area contributed by atoms with E-state index in [4.69, 9.17) is 0 Å². The van der Waals surface area contributed by atoms with Crippen LogP contribution in [-0.2, 0) is 6.54 Å². The van der Waals surface area contributed by atoms with Crippen LogP contribution in [0.15, 0.2) is 42.5 Å². The largest absolute Gasteiger partial charge is 0.383 e. The van der Waals surface area contributed by atoms with Crippen molar-refractivity contribution in [1.82, 2.24) is 4.90 Å². The lowest BCUT2D eigenvalue weighted by atomic mass is 10.1. The van der Waals surface area contributed by atoms with Gasteiger partial charge < -0.3 is 10.2 Å². The van der Waals surface area contributed by atoms with Gasteiger partial charge in [-0.1, -0.05) is 30.3 Å². The van der Waals surface area contributed by atoms with Crippen LogP contribution in [0.25, 0.3) is 0 Å². The van der Waals surface area contributed by atoms with Crippen LogP contribution in [0.5, 0.6) is 0 Å². The maximum atomic E-state index is 13.7. The smallest absolute Gasteiger partial charge is 0.254 e. The van der Waals surface area contributed by atoms with Crippen molar-refractivity contribution in [3.8, 4) is 0 Å². The van der Waals surface area contributed by atoms with E-state index in [-0.39, 0.29) is 11.3 Å². The molecule has 0 radical (unpaired) electrons. The lowest BCUT2D eigenvalue weighted by Crippen LogP contribution is -2.26. The molecule has 1 N–H and O–H groups in total. The van der Waals surface area contributed by atoms with E-state index in [0.29, 0.717) is 6.54 Å². The van der Waals surface area contributed by atoms with Crippen molar-refractivity contribution in [3.05, 3.63) is 65.2 Å². The van der Waals surface area contributed by atoms with Crippen molar-refractivity contribution < 1.29 is 13.6 Å². The molecule has 0 aliphatic heterocycles. The predicted molar refractivity (Wildman–Crippen MR) is 78.1 cm³/mol. The highest BCUT2D eigenvalue weighted by Crippen LogP contribution is 2.21. The number of anilines is 1. The van der Waals surface area contributed by atoms with E-state index in [2.05, 4.69) is 5.32 Å². The molecule has 110 valence electrons. The summed E-state index contributed by atoms with van der Waals surface area (Å²) in [5.74, 6) is -2.00. The molecule has 0 spiro atoms. The Labute approximate surface area is 122 Å². The average Bonchev–Trinajstić information content (AvgIpc) is 2.47. The molecule has 5 heteroatoms. The minimum Gasteiger partial charge on any atom is -0.383 e. The summed E-state index contributed by atoms with van der Waals surface area (Å²) in [6.45, 7) is 0.372. The third-order valence-corrected chi connectivity index (χ3v) is 3.15. The molecule has 0 unspecified atom stereocenters. The van der Waals surface area contributed by atoms with E-state index in [0.717, 1.165) is 17.7 Å². The highest BCUT2D eigenvalue weighted by molar-refractivity contribution is 5.94. The highest BCUT2D eigenvalue weighted by Gasteiger charge is 2.17. The molecule has 2 rings (SSSR count). The zero-order valence-corrected chi connectivity index (χ0v) is 11.9. The summed E-state index contributed by atoms with van der Waals surface area (Å²) in [4.78, 5) is 13.6. The average molecular weight is 290 g/mol. The fraction of sp³-hybridized carbons (Fsp3) is 0.188. The number of hydrogen-bond donors (Lipinski definition) is 1. The monoisotopic (exact) mass is 290 g/mol.